The first kappa shape index (κ1) is 8.60. The van der Waals surface area contributed by atoms with E-state index in [1.165, 1.54) is 16.5 Å². The Balaban J connectivity index is 2.33. The molecule has 0 atom stereocenters. The molecule has 74 valence electrons. The standard InChI is InChI=1S/C13H12N2/c1-2-10-5-3-9-4-6-12-11(7-8-14-12)13(9)15-10/h3-4,6-8H,2,5H2,1H3. The van der Waals surface area contributed by atoms with E-state index >= 15 is 0 Å². The van der Waals surface area contributed by atoms with E-state index in [0.29, 0.717) is 0 Å². The highest BCUT2D eigenvalue weighted by Gasteiger charge is 2.10. The van der Waals surface area contributed by atoms with Crippen LogP contribution in [0.4, 0.5) is 5.69 Å². The second-order valence-electron chi connectivity index (χ2n) is 3.82. The first-order valence-corrected chi connectivity index (χ1v) is 5.32. The highest BCUT2D eigenvalue weighted by Crippen LogP contribution is 2.19. The van der Waals surface area contributed by atoms with Crippen LogP contribution in [0.2, 0.25) is 0 Å². The van der Waals surface area contributed by atoms with Gasteiger partial charge in [-0.15, -0.1) is 0 Å². The van der Waals surface area contributed by atoms with Crippen molar-refractivity contribution in [3.05, 3.63) is 34.5 Å². The zero-order valence-corrected chi connectivity index (χ0v) is 8.70. The fraction of sp³-hybridized carbons (Fsp3) is 0.231. The van der Waals surface area contributed by atoms with Crippen LogP contribution in [0.5, 0.6) is 0 Å². The number of benzene rings is 1. The Morgan fingerprint density at radius 1 is 1.33 bits per heavy atom. The zero-order valence-electron chi connectivity index (χ0n) is 8.70. The Kier molecular flexibility index (Phi) is 1.81. The summed E-state index contributed by atoms with van der Waals surface area (Å²) in [5, 5.41) is 2.29. The van der Waals surface area contributed by atoms with Crippen molar-refractivity contribution >= 4 is 23.6 Å². The van der Waals surface area contributed by atoms with Crippen LogP contribution < -0.4 is 10.6 Å². The maximum atomic E-state index is 4.71. The molecule has 3 rings (SSSR count). The lowest BCUT2D eigenvalue weighted by Gasteiger charge is -2.09. The SMILES string of the molecule is CCC1=Nc2c3c(ccc2=CC1)=NC=C3. The average molecular weight is 196 g/mol. The van der Waals surface area contributed by atoms with Crippen molar-refractivity contribution in [1.29, 1.82) is 0 Å². The summed E-state index contributed by atoms with van der Waals surface area (Å²) < 4.78 is 0. The van der Waals surface area contributed by atoms with E-state index in [1.54, 1.807) is 0 Å². The van der Waals surface area contributed by atoms with E-state index in [9.17, 15) is 0 Å². The van der Waals surface area contributed by atoms with Crippen molar-refractivity contribution in [2.24, 2.45) is 9.98 Å². The Morgan fingerprint density at radius 2 is 2.27 bits per heavy atom. The number of fused-ring (bicyclic) bond motifs is 3. The van der Waals surface area contributed by atoms with Crippen molar-refractivity contribution in [2.45, 2.75) is 19.8 Å². The molecule has 1 aromatic rings. The molecule has 0 aromatic heterocycles. The van der Waals surface area contributed by atoms with Gasteiger partial charge in [0.1, 0.15) is 0 Å². The molecule has 0 saturated heterocycles. The largest absolute Gasteiger partial charge is 0.256 e. The van der Waals surface area contributed by atoms with Gasteiger partial charge in [0.05, 0.1) is 11.0 Å². The number of hydrogen-bond acceptors (Lipinski definition) is 2. The van der Waals surface area contributed by atoms with E-state index in [2.05, 4.69) is 30.1 Å². The van der Waals surface area contributed by atoms with Gasteiger partial charge in [0.15, 0.2) is 0 Å². The summed E-state index contributed by atoms with van der Waals surface area (Å²) in [6.45, 7) is 2.15. The lowest BCUT2D eigenvalue weighted by molar-refractivity contribution is 1.20. The monoisotopic (exact) mass is 196 g/mol. The van der Waals surface area contributed by atoms with Gasteiger partial charge >= 0.3 is 0 Å². The first-order valence-electron chi connectivity index (χ1n) is 5.32. The minimum absolute atomic E-state index is 0.989. The normalized spacial score (nSPS) is 16.2. The molecule has 2 aliphatic heterocycles. The number of rotatable bonds is 1. The summed E-state index contributed by atoms with van der Waals surface area (Å²) in [7, 11) is 0. The van der Waals surface area contributed by atoms with Crippen LogP contribution in [0, 0.1) is 0 Å². The van der Waals surface area contributed by atoms with Gasteiger partial charge in [-0.25, -0.2) is 0 Å². The third-order valence-corrected chi connectivity index (χ3v) is 2.92. The van der Waals surface area contributed by atoms with Crippen LogP contribution in [0.25, 0.3) is 12.2 Å². The Bertz CT molecular complexity index is 592. The van der Waals surface area contributed by atoms with Gasteiger partial charge < -0.3 is 0 Å². The minimum atomic E-state index is 0.989. The molecule has 2 heterocycles. The van der Waals surface area contributed by atoms with Gasteiger partial charge in [0.25, 0.3) is 0 Å². The molecule has 0 spiro atoms. The molecule has 2 aliphatic rings. The molecule has 0 amide bonds. The van der Waals surface area contributed by atoms with E-state index in [4.69, 9.17) is 4.99 Å². The number of hydrogen-bond donors (Lipinski definition) is 0. The maximum Gasteiger partial charge on any atom is 0.0792 e. The second-order valence-corrected chi connectivity index (χ2v) is 3.82. The number of nitrogens with zero attached hydrogens (tertiary/aromatic N) is 2. The maximum absolute atomic E-state index is 4.71. The Labute approximate surface area is 88.4 Å². The molecule has 1 aromatic carbocycles. The van der Waals surface area contributed by atoms with E-state index < -0.39 is 0 Å². The third-order valence-electron chi connectivity index (χ3n) is 2.92. The van der Waals surface area contributed by atoms with Crippen LogP contribution in [0.15, 0.2) is 28.3 Å². The predicted octanol–water partition coefficient (Wildman–Crippen LogP) is 1.96. The molecule has 0 aliphatic carbocycles. The molecule has 0 unspecified atom stereocenters. The fourth-order valence-electron chi connectivity index (χ4n) is 2.03. The summed E-state index contributed by atoms with van der Waals surface area (Å²) in [5.41, 5.74) is 3.54. The van der Waals surface area contributed by atoms with Gasteiger partial charge in [-0.2, -0.15) is 0 Å². The van der Waals surface area contributed by atoms with Crippen molar-refractivity contribution < 1.29 is 0 Å². The third kappa shape index (κ3) is 1.25. The zero-order chi connectivity index (χ0) is 10.3. The summed E-state index contributed by atoms with van der Waals surface area (Å²) in [6, 6.07) is 4.18. The van der Waals surface area contributed by atoms with E-state index in [0.717, 1.165) is 23.9 Å². The Hall–Kier alpha value is -1.70. The molecule has 0 N–H and O–H groups in total. The smallest absolute Gasteiger partial charge is 0.0792 e. The highest BCUT2D eigenvalue weighted by atomic mass is 14.8. The minimum Gasteiger partial charge on any atom is -0.256 e. The van der Waals surface area contributed by atoms with Crippen LogP contribution in [-0.4, -0.2) is 5.71 Å². The number of aliphatic imine (C=N–C) groups is 1. The van der Waals surface area contributed by atoms with E-state index in [1.807, 2.05) is 12.3 Å². The van der Waals surface area contributed by atoms with Crippen molar-refractivity contribution in [1.82, 2.24) is 0 Å². The lowest BCUT2D eigenvalue weighted by Crippen LogP contribution is -2.16. The van der Waals surface area contributed by atoms with Crippen LogP contribution in [-0.2, 0) is 0 Å². The van der Waals surface area contributed by atoms with Crippen LogP contribution in [0.1, 0.15) is 25.3 Å². The van der Waals surface area contributed by atoms with Gasteiger partial charge in [0, 0.05) is 23.9 Å². The first-order chi connectivity index (χ1) is 7.38. The molecule has 0 fully saturated rings. The highest BCUT2D eigenvalue weighted by molar-refractivity contribution is 5.93. The summed E-state index contributed by atoms with van der Waals surface area (Å²) >= 11 is 0. The molecule has 0 radical (unpaired) electrons. The molecule has 0 bridgehead atoms. The van der Waals surface area contributed by atoms with Gasteiger partial charge in [0.2, 0.25) is 0 Å². The molecular formula is C13H12N2. The molecule has 0 saturated carbocycles. The molecule has 2 nitrogen and oxygen atoms in total. The fourth-order valence-corrected chi connectivity index (χ4v) is 2.03. The summed E-state index contributed by atoms with van der Waals surface area (Å²) in [5.74, 6) is 0. The topological polar surface area (TPSA) is 24.7 Å². The van der Waals surface area contributed by atoms with E-state index in [-0.39, 0.29) is 0 Å². The second kappa shape index (κ2) is 3.16. The molecular weight excluding hydrogens is 184 g/mol. The quantitative estimate of drug-likeness (QED) is 0.656. The Morgan fingerprint density at radius 3 is 3.13 bits per heavy atom. The molecule has 2 heteroatoms. The molecule has 15 heavy (non-hydrogen) atoms. The van der Waals surface area contributed by atoms with Gasteiger partial charge in [-0.3, -0.25) is 9.98 Å². The van der Waals surface area contributed by atoms with Crippen molar-refractivity contribution in [3.8, 4) is 0 Å². The van der Waals surface area contributed by atoms with Crippen molar-refractivity contribution in [3.63, 3.8) is 0 Å². The van der Waals surface area contributed by atoms with Gasteiger partial charge in [-0.1, -0.05) is 19.1 Å². The lowest BCUT2D eigenvalue weighted by atomic mass is 10.0. The van der Waals surface area contributed by atoms with Crippen LogP contribution >= 0.6 is 0 Å². The van der Waals surface area contributed by atoms with Crippen LogP contribution in [0.3, 0.4) is 0 Å². The summed E-state index contributed by atoms with van der Waals surface area (Å²) in [6.07, 6.45) is 8.17. The average Bonchev–Trinajstić information content (AvgIpc) is 2.76. The predicted molar refractivity (Wildman–Crippen MR) is 62.7 cm³/mol. The summed E-state index contributed by atoms with van der Waals surface area (Å²) in [4.78, 5) is 9.00. The van der Waals surface area contributed by atoms with Gasteiger partial charge in [-0.05, 0) is 23.8 Å². The van der Waals surface area contributed by atoms with Crippen molar-refractivity contribution in [2.75, 3.05) is 0 Å².